The maximum atomic E-state index is 12.9. The summed E-state index contributed by atoms with van der Waals surface area (Å²) in [4.78, 5) is 4.63. The van der Waals surface area contributed by atoms with E-state index in [9.17, 15) is 26.3 Å². The van der Waals surface area contributed by atoms with E-state index in [0.29, 0.717) is 0 Å². The van der Waals surface area contributed by atoms with Crippen LogP contribution in [0.15, 0.2) is 5.16 Å². The van der Waals surface area contributed by atoms with Gasteiger partial charge in [-0.2, -0.15) is 36.9 Å². The molecular weight excluding hydrogens is 328 g/mol. The second-order valence-corrected chi connectivity index (χ2v) is 5.84. The van der Waals surface area contributed by atoms with Gasteiger partial charge >= 0.3 is 12.4 Å². The molecule has 0 radical (unpaired) electrons. The first-order chi connectivity index (χ1) is 10.1. The Bertz CT molecular complexity index is 502. The van der Waals surface area contributed by atoms with Crippen molar-refractivity contribution >= 4 is 5.71 Å². The fraction of sp³-hybridized carbons (Fsp3) is 0.769. The predicted octanol–water partition coefficient (Wildman–Crippen LogP) is 4.49. The van der Waals surface area contributed by atoms with E-state index in [1.54, 1.807) is 0 Å². The highest BCUT2D eigenvalue weighted by molar-refractivity contribution is 5.90. The number of rotatable bonds is 5. The number of nitrogens with zero attached hydrogens (tertiary/aromatic N) is 3. The average molecular weight is 343 g/mol. The third kappa shape index (κ3) is 8.29. The molecule has 4 nitrogen and oxygen atoms in total. The van der Waals surface area contributed by atoms with Crippen LogP contribution in [0.3, 0.4) is 0 Å². The summed E-state index contributed by atoms with van der Waals surface area (Å²) in [6.07, 6.45) is -13.7. The Hall–Kier alpha value is -1.97. The number of hydrogen-bond donors (Lipinski definition) is 0. The Balaban J connectivity index is 5.49. The van der Waals surface area contributed by atoms with Crippen molar-refractivity contribution in [1.82, 2.24) is 0 Å². The topological polar surface area (TPSA) is 69.2 Å². The van der Waals surface area contributed by atoms with E-state index >= 15 is 0 Å². The number of alkyl halides is 6. The smallest absolute Gasteiger partial charge is 0.390 e. The van der Waals surface area contributed by atoms with Crippen LogP contribution in [0.5, 0.6) is 0 Å². The SMILES string of the molecule is CC(C)(C)ON=C(CC(C#N)(C#N)CCC(F)(F)F)C(F)(F)F. The highest BCUT2D eigenvalue weighted by atomic mass is 19.4. The van der Waals surface area contributed by atoms with E-state index in [4.69, 9.17) is 10.5 Å². The van der Waals surface area contributed by atoms with Gasteiger partial charge in [0.2, 0.25) is 0 Å². The molecule has 10 heteroatoms. The van der Waals surface area contributed by atoms with Gasteiger partial charge in [-0.15, -0.1) is 0 Å². The zero-order chi connectivity index (χ0) is 18.5. The Morgan fingerprint density at radius 1 is 0.957 bits per heavy atom. The summed E-state index contributed by atoms with van der Waals surface area (Å²) in [5.41, 5.74) is -5.19. The zero-order valence-electron chi connectivity index (χ0n) is 12.6. The fourth-order valence-corrected chi connectivity index (χ4v) is 1.32. The monoisotopic (exact) mass is 343 g/mol. The lowest BCUT2D eigenvalue weighted by atomic mass is 9.81. The van der Waals surface area contributed by atoms with Gasteiger partial charge in [0.1, 0.15) is 11.0 Å². The molecule has 0 atom stereocenters. The molecule has 0 spiro atoms. The first kappa shape index (κ1) is 21.0. The summed E-state index contributed by atoms with van der Waals surface area (Å²) in [5.74, 6) is 0. The molecule has 0 fully saturated rings. The van der Waals surface area contributed by atoms with Crippen LogP contribution in [0.1, 0.15) is 40.0 Å². The number of halogens is 6. The van der Waals surface area contributed by atoms with Crippen LogP contribution in [0, 0.1) is 28.1 Å². The third-order valence-corrected chi connectivity index (χ3v) is 2.49. The second kappa shape index (κ2) is 7.07. The van der Waals surface area contributed by atoms with E-state index in [2.05, 4.69) is 9.99 Å². The van der Waals surface area contributed by atoms with Crippen LogP contribution >= 0.6 is 0 Å². The summed E-state index contributed by atoms with van der Waals surface area (Å²) in [7, 11) is 0. The Kier molecular flexibility index (Phi) is 6.46. The average Bonchev–Trinajstić information content (AvgIpc) is 2.35. The van der Waals surface area contributed by atoms with E-state index in [1.807, 2.05) is 0 Å². The van der Waals surface area contributed by atoms with Gasteiger partial charge in [0.25, 0.3) is 0 Å². The minimum absolute atomic E-state index is 1.08. The quantitative estimate of drug-likeness (QED) is 0.420. The van der Waals surface area contributed by atoms with Crippen molar-refractivity contribution in [2.24, 2.45) is 10.6 Å². The lowest BCUT2D eigenvalue weighted by Crippen LogP contribution is -2.32. The van der Waals surface area contributed by atoms with Gasteiger partial charge in [-0.05, 0) is 27.2 Å². The maximum Gasteiger partial charge on any atom is 0.432 e. The van der Waals surface area contributed by atoms with Crippen LogP contribution in [-0.2, 0) is 4.84 Å². The highest BCUT2D eigenvalue weighted by Gasteiger charge is 2.45. The summed E-state index contributed by atoms with van der Waals surface area (Å²) >= 11 is 0. The van der Waals surface area contributed by atoms with Crippen LogP contribution in [-0.4, -0.2) is 23.7 Å². The predicted molar refractivity (Wildman–Crippen MR) is 67.9 cm³/mol. The molecule has 0 unspecified atom stereocenters. The zero-order valence-corrected chi connectivity index (χ0v) is 12.6. The standard InChI is InChI=1S/C13H15F6N3O/c1-10(2,3)23-22-9(13(17,18)19)6-11(7-20,8-21)4-5-12(14,15)16/h4-6H2,1-3H3. The number of nitriles is 2. The van der Waals surface area contributed by atoms with E-state index in [1.165, 1.54) is 32.9 Å². The summed E-state index contributed by atoms with van der Waals surface area (Å²) in [6.45, 7) is 4.24. The van der Waals surface area contributed by atoms with Gasteiger partial charge in [-0.3, -0.25) is 0 Å². The molecular formula is C13H15F6N3O. The van der Waals surface area contributed by atoms with Crippen LogP contribution in [0.25, 0.3) is 0 Å². The van der Waals surface area contributed by atoms with Gasteiger partial charge in [-0.1, -0.05) is 5.16 Å². The molecule has 0 aromatic heterocycles. The molecule has 0 saturated carbocycles. The van der Waals surface area contributed by atoms with Crippen LogP contribution in [0.4, 0.5) is 26.3 Å². The van der Waals surface area contributed by atoms with E-state index in [0.717, 1.165) is 0 Å². The minimum atomic E-state index is -5.04. The molecule has 0 amide bonds. The van der Waals surface area contributed by atoms with Crippen molar-refractivity contribution in [3.8, 4) is 12.1 Å². The molecule has 0 aromatic carbocycles. The van der Waals surface area contributed by atoms with E-state index < -0.39 is 48.3 Å². The molecule has 0 aliphatic rings. The van der Waals surface area contributed by atoms with Gasteiger partial charge in [0.05, 0.1) is 12.1 Å². The van der Waals surface area contributed by atoms with Crippen molar-refractivity contribution in [2.45, 2.75) is 58.0 Å². The van der Waals surface area contributed by atoms with Crippen molar-refractivity contribution in [3.05, 3.63) is 0 Å². The summed E-state index contributed by atoms with van der Waals surface area (Å²) < 4.78 is 75.5. The largest absolute Gasteiger partial charge is 0.432 e. The molecule has 0 aliphatic heterocycles. The van der Waals surface area contributed by atoms with Crippen LogP contribution < -0.4 is 0 Å². The summed E-state index contributed by atoms with van der Waals surface area (Å²) in [5, 5.41) is 20.7. The molecule has 0 bridgehead atoms. The summed E-state index contributed by atoms with van der Waals surface area (Å²) in [6, 6.07) is 2.48. The molecule has 0 aromatic rings. The minimum Gasteiger partial charge on any atom is -0.390 e. The van der Waals surface area contributed by atoms with Gasteiger partial charge in [-0.25, -0.2) is 0 Å². The van der Waals surface area contributed by atoms with Gasteiger partial charge in [0.15, 0.2) is 5.71 Å². The first-order valence-electron chi connectivity index (χ1n) is 6.36. The Labute approximate surface area is 129 Å². The number of hydrogen-bond acceptors (Lipinski definition) is 4. The fourth-order valence-electron chi connectivity index (χ4n) is 1.32. The van der Waals surface area contributed by atoms with Crippen molar-refractivity contribution < 1.29 is 31.2 Å². The first-order valence-corrected chi connectivity index (χ1v) is 6.36. The Morgan fingerprint density at radius 3 is 1.74 bits per heavy atom. The second-order valence-electron chi connectivity index (χ2n) is 5.84. The molecule has 130 valence electrons. The van der Waals surface area contributed by atoms with Crippen molar-refractivity contribution in [3.63, 3.8) is 0 Å². The van der Waals surface area contributed by atoms with E-state index in [-0.39, 0.29) is 0 Å². The molecule has 0 N–H and O–H groups in total. The van der Waals surface area contributed by atoms with Gasteiger partial charge in [0, 0.05) is 12.8 Å². The maximum absolute atomic E-state index is 12.9. The molecule has 0 rings (SSSR count). The van der Waals surface area contributed by atoms with Crippen molar-refractivity contribution in [2.75, 3.05) is 0 Å². The van der Waals surface area contributed by atoms with Crippen molar-refractivity contribution in [1.29, 1.82) is 10.5 Å². The lowest BCUT2D eigenvalue weighted by molar-refractivity contribution is -0.138. The lowest BCUT2D eigenvalue weighted by Gasteiger charge is -2.23. The van der Waals surface area contributed by atoms with Gasteiger partial charge < -0.3 is 4.84 Å². The third-order valence-electron chi connectivity index (χ3n) is 2.49. The normalized spacial score (nSPS) is 14.1. The molecule has 23 heavy (non-hydrogen) atoms. The number of oxime groups is 1. The molecule has 0 heterocycles. The highest BCUT2D eigenvalue weighted by Crippen LogP contribution is 2.36. The molecule has 0 aliphatic carbocycles. The Morgan fingerprint density at radius 2 is 1.43 bits per heavy atom. The van der Waals surface area contributed by atoms with Crippen LogP contribution in [0.2, 0.25) is 0 Å². The molecule has 0 saturated heterocycles.